The van der Waals surface area contributed by atoms with Gasteiger partial charge < -0.3 is 0 Å². The van der Waals surface area contributed by atoms with E-state index in [1.807, 2.05) is 54.6 Å². The second-order valence-corrected chi connectivity index (χ2v) is 12.4. The zero-order chi connectivity index (χ0) is 33.1. The molecule has 1 unspecified atom stereocenters. The normalized spacial score (nSPS) is 21.6. The average Bonchev–Trinajstić information content (AvgIpc) is 3.90. The summed E-state index contributed by atoms with van der Waals surface area (Å²) in [6.45, 7) is 0. The first-order chi connectivity index (χ1) is 22.3. The van der Waals surface area contributed by atoms with Gasteiger partial charge in [0, 0.05) is 69.8 Å². The van der Waals surface area contributed by atoms with Crippen LogP contribution in [-0.4, -0.2) is 35.2 Å². The molecule has 0 N–H and O–H groups in total. The predicted octanol–water partition coefficient (Wildman–Crippen LogP) is 9.11. The summed E-state index contributed by atoms with van der Waals surface area (Å²) in [7, 11) is 0. The average molecular weight is 645 g/mol. The van der Waals surface area contributed by atoms with Gasteiger partial charge in [0.25, 0.3) is 0 Å². The van der Waals surface area contributed by atoms with Crippen LogP contribution in [0.4, 0.5) is 3.89 Å². The molecule has 3 aromatic carbocycles. The molecule has 3 aromatic rings. The molecule has 0 heterocycles. The highest BCUT2D eigenvalue weighted by molar-refractivity contribution is 7.93. The van der Waals surface area contributed by atoms with Gasteiger partial charge in [0.2, 0.25) is 0 Å². The Bertz CT molecular complexity index is 1230. The lowest BCUT2D eigenvalue weighted by molar-refractivity contribution is -0.122. The topological polar surface area (TPSA) is 85.3 Å². The minimum Gasteiger partial charge on any atom is -0.300 e. The van der Waals surface area contributed by atoms with Crippen LogP contribution in [0.3, 0.4) is 0 Å². The number of Topliss-reactive ketones (excluding diaryl/α,β-unsaturated/α-hetero) is 5. The Morgan fingerprint density at radius 1 is 0.457 bits per heavy atom. The molecule has 0 aromatic heterocycles. The molecule has 4 saturated carbocycles. The maximum absolute atomic E-state index is 11.0. The van der Waals surface area contributed by atoms with E-state index in [9.17, 15) is 27.9 Å². The highest BCUT2D eigenvalue weighted by Gasteiger charge is 2.24. The van der Waals surface area contributed by atoms with Gasteiger partial charge in [0.15, 0.2) is 0 Å². The first-order valence-corrected chi connectivity index (χ1v) is 17.3. The molecule has 7 rings (SSSR count). The van der Waals surface area contributed by atoms with Crippen molar-refractivity contribution in [2.75, 3.05) is 6.26 Å². The van der Waals surface area contributed by atoms with Crippen molar-refractivity contribution in [3.05, 3.63) is 108 Å². The summed E-state index contributed by atoms with van der Waals surface area (Å²) in [5.74, 6) is 2.96. The fourth-order valence-corrected chi connectivity index (χ4v) is 6.15. The second kappa shape index (κ2) is 20.4. The van der Waals surface area contributed by atoms with Gasteiger partial charge >= 0.3 is 0 Å². The van der Waals surface area contributed by atoms with E-state index in [1.165, 1.54) is 22.9 Å². The summed E-state index contributed by atoms with van der Waals surface area (Å²) in [6, 6.07) is 31.0. The number of benzene rings is 3. The van der Waals surface area contributed by atoms with E-state index in [1.54, 1.807) is 0 Å². The van der Waals surface area contributed by atoms with Crippen molar-refractivity contribution in [3.63, 3.8) is 0 Å². The van der Waals surface area contributed by atoms with Crippen LogP contribution in [0, 0.1) is 0 Å². The van der Waals surface area contributed by atoms with E-state index in [0.29, 0.717) is 47.9 Å². The summed E-state index contributed by atoms with van der Waals surface area (Å²) in [5, 5.41) is 0. The smallest absolute Gasteiger partial charge is 0.140 e. The molecular formula is C39H45FO5S. The highest BCUT2D eigenvalue weighted by Crippen LogP contribution is 2.33. The molecule has 7 heteroatoms. The van der Waals surface area contributed by atoms with Gasteiger partial charge in [-0.1, -0.05) is 91.0 Å². The third kappa shape index (κ3) is 13.3. The summed E-state index contributed by atoms with van der Waals surface area (Å²) in [6.07, 6.45) is 10.3. The molecule has 4 fully saturated rings. The minimum atomic E-state index is 0.102. The van der Waals surface area contributed by atoms with Crippen LogP contribution in [0.15, 0.2) is 91.0 Å². The Balaban J connectivity index is 0.000000165. The third-order valence-electron chi connectivity index (χ3n) is 8.63. The minimum absolute atomic E-state index is 0.102. The standard InChI is InChI=1S/3C11H12O.C5H6O2.CH3FS/c3*12-11-7-6-10(8-11)9-4-2-1-3-5-9;6-4-1-2-5(7)3-4;1-3-2/h3*1-5,10H,6-8H2;1-3H2;1H3/t2*10-;;;/m10.../s1. The maximum Gasteiger partial charge on any atom is 0.140 e. The van der Waals surface area contributed by atoms with E-state index < -0.39 is 0 Å². The molecule has 244 valence electrons. The van der Waals surface area contributed by atoms with Crippen LogP contribution in [0.5, 0.6) is 0 Å². The lowest BCUT2D eigenvalue weighted by Gasteiger charge is -2.06. The Hall–Kier alpha value is -3.71. The lowest BCUT2D eigenvalue weighted by atomic mass is 9.98. The molecule has 0 bridgehead atoms. The van der Waals surface area contributed by atoms with Gasteiger partial charge in [-0.2, -0.15) is 3.89 Å². The van der Waals surface area contributed by atoms with Crippen LogP contribution in [0.2, 0.25) is 0 Å². The van der Waals surface area contributed by atoms with Crippen LogP contribution in [-0.2, 0) is 24.0 Å². The number of carbonyl (C=O) groups excluding carboxylic acids is 5. The van der Waals surface area contributed by atoms with Crippen LogP contribution < -0.4 is 0 Å². The van der Waals surface area contributed by atoms with Crippen LogP contribution in [0.1, 0.15) is 111 Å². The van der Waals surface area contributed by atoms with Gasteiger partial charge in [-0.15, -0.1) is 0 Å². The molecule has 0 amide bonds. The van der Waals surface area contributed by atoms with Gasteiger partial charge in [-0.05, 0) is 53.7 Å². The summed E-state index contributed by atoms with van der Waals surface area (Å²) < 4.78 is 10.2. The number of ketones is 5. The molecule has 0 aliphatic heterocycles. The fraction of sp³-hybridized carbons (Fsp3) is 0.410. The molecule has 0 radical (unpaired) electrons. The molecular weight excluding hydrogens is 599 g/mol. The predicted molar refractivity (Wildman–Crippen MR) is 183 cm³/mol. The fourth-order valence-electron chi connectivity index (χ4n) is 6.15. The van der Waals surface area contributed by atoms with Gasteiger partial charge in [0.05, 0.1) is 6.42 Å². The van der Waals surface area contributed by atoms with Crippen molar-refractivity contribution in [1.29, 1.82) is 0 Å². The SMILES string of the molecule is CSF.O=C1CCC(=O)C1.O=C1CCC(c2ccccc2)C1.O=C1CC[C@@H](c2ccccc2)C1.O=C1CC[C@H](c2ccccc2)C1. The van der Waals surface area contributed by atoms with Crippen molar-refractivity contribution in [2.45, 2.75) is 94.8 Å². The van der Waals surface area contributed by atoms with Crippen molar-refractivity contribution in [3.8, 4) is 0 Å². The number of carbonyl (C=O) groups is 5. The zero-order valence-electron chi connectivity index (χ0n) is 26.7. The molecule has 4 aliphatic carbocycles. The lowest BCUT2D eigenvalue weighted by Crippen LogP contribution is -1.93. The Labute approximate surface area is 277 Å². The largest absolute Gasteiger partial charge is 0.300 e. The molecule has 4 aliphatic rings. The highest BCUT2D eigenvalue weighted by atomic mass is 32.2. The van der Waals surface area contributed by atoms with Crippen molar-refractivity contribution < 1.29 is 27.9 Å². The molecule has 5 nitrogen and oxygen atoms in total. The molecule has 3 atom stereocenters. The first kappa shape index (κ1) is 36.8. The number of halogens is 1. The van der Waals surface area contributed by atoms with Crippen LogP contribution in [0.25, 0.3) is 0 Å². The van der Waals surface area contributed by atoms with E-state index >= 15 is 0 Å². The number of hydrogen-bond donors (Lipinski definition) is 0. The zero-order valence-corrected chi connectivity index (χ0v) is 27.5. The number of rotatable bonds is 3. The monoisotopic (exact) mass is 644 g/mol. The van der Waals surface area contributed by atoms with E-state index in [4.69, 9.17) is 0 Å². The van der Waals surface area contributed by atoms with Crippen LogP contribution >= 0.6 is 12.1 Å². The second-order valence-electron chi connectivity index (χ2n) is 12.1. The van der Waals surface area contributed by atoms with Gasteiger partial charge in [-0.25, -0.2) is 0 Å². The summed E-state index contributed by atoms with van der Waals surface area (Å²) in [5.41, 5.74) is 3.97. The molecule has 46 heavy (non-hydrogen) atoms. The molecule has 0 saturated heterocycles. The Morgan fingerprint density at radius 3 is 0.891 bits per heavy atom. The first-order valence-electron chi connectivity index (χ1n) is 16.2. The Morgan fingerprint density at radius 2 is 0.717 bits per heavy atom. The maximum atomic E-state index is 11.0. The quantitative estimate of drug-likeness (QED) is 0.265. The van der Waals surface area contributed by atoms with Crippen molar-refractivity contribution in [2.24, 2.45) is 0 Å². The van der Waals surface area contributed by atoms with Gasteiger partial charge in [-0.3, -0.25) is 24.0 Å². The van der Waals surface area contributed by atoms with Crippen molar-refractivity contribution >= 4 is 41.1 Å². The molecule has 0 spiro atoms. The Kier molecular flexibility index (Phi) is 16.3. The van der Waals surface area contributed by atoms with E-state index in [0.717, 1.165) is 57.8 Å². The van der Waals surface area contributed by atoms with E-state index in [2.05, 4.69) is 36.4 Å². The van der Waals surface area contributed by atoms with E-state index in [-0.39, 0.29) is 30.1 Å². The van der Waals surface area contributed by atoms with Crippen molar-refractivity contribution in [1.82, 2.24) is 0 Å². The van der Waals surface area contributed by atoms with Gasteiger partial charge in [0.1, 0.15) is 28.9 Å². The number of hydrogen-bond acceptors (Lipinski definition) is 6. The summed E-state index contributed by atoms with van der Waals surface area (Å²) in [4.78, 5) is 53.5. The third-order valence-corrected chi connectivity index (χ3v) is 8.63. The summed E-state index contributed by atoms with van der Waals surface area (Å²) >= 11 is 0.250.